The van der Waals surface area contributed by atoms with E-state index in [0.29, 0.717) is 23.2 Å². The second-order valence-corrected chi connectivity index (χ2v) is 17.3. The van der Waals surface area contributed by atoms with Crippen LogP contribution >= 0.6 is 0 Å². The average Bonchev–Trinajstić information content (AvgIpc) is 3.25. The third-order valence-electron chi connectivity index (χ3n) is 11.5. The molecule has 7 rings (SSSR count). The number of amides is 1. The molecule has 1 aromatic heterocycles. The molecule has 1 amide bonds. The van der Waals surface area contributed by atoms with Crippen LogP contribution in [0.25, 0.3) is 10.9 Å². The fourth-order valence-electron chi connectivity index (χ4n) is 8.36. The number of benzene rings is 4. The van der Waals surface area contributed by atoms with E-state index in [0.717, 1.165) is 49.8 Å². The number of aliphatic hydroxyl groups is 1. The highest BCUT2D eigenvalue weighted by Crippen LogP contribution is 2.32. The molecule has 13 heteroatoms. The van der Waals surface area contributed by atoms with Crippen molar-refractivity contribution in [3.63, 3.8) is 0 Å². The SMILES string of the molecule is CC[C@@H](c1ccc(S(=O)(=O)c2cccc(OC=CC(=O)Nc3ccc(CNC[C@H](O)c4ccc(O)c5[nH]c(=O)ccc45)cc3)c2)cc1)N1CCN(C2CCCCC2)CC1. The molecule has 2 aliphatic rings. The number of ether oxygens (including phenoxy) is 1. The van der Waals surface area contributed by atoms with Gasteiger partial charge in [0.1, 0.15) is 11.5 Å². The van der Waals surface area contributed by atoms with Crippen molar-refractivity contribution in [2.45, 2.75) is 80.0 Å². The van der Waals surface area contributed by atoms with E-state index in [4.69, 9.17) is 4.74 Å². The van der Waals surface area contributed by atoms with Crippen LogP contribution in [0.15, 0.2) is 124 Å². The standard InChI is InChI=1S/C46H53N5O7S/c1-2-41(51-26-24-50(25-27-51)35-7-4-3-5-8-35)33-13-17-37(18-14-33)59(56,57)38-10-6-9-36(29-38)58-28-23-45(55)48-34-15-11-32(12-16-34)30-47-31-43(53)39-19-21-42(52)46-40(39)20-22-44(54)49-46/h6,9-23,28-29,35,41,43,47,52-53H,2-5,7-8,24-27,30-31H2,1H3,(H,48,55)(H,49,54)/t41-,43-/m0/s1. The number of nitrogens with one attached hydrogen (secondary N) is 3. The number of sulfone groups is 1. The van der Waals surface area contributed by atoms with Crippen LogP contribution in [0, 0.1) is 0 Å². The Hall–Kier alpha value is -5.31. The molecule has 2 fully saturated rings. The van der Waals surface area contributed by atoms with Gasteiger partial charge in [0, 0.05) is 74.6 Å². The molecular formula is C46H53N5O7S. The molecule has 0 spiro atoms. The largest absolute Gasteiger partial charge is 0.506 e. The minimum absolute atomic E-state index is 0.0687. The Morgan fingerprint density at radius 1 is 0.915 bits per heavy atom. The Morgan fingerprint density at radius 3 is 2.39 bits per heavy atom. The molecule has 1 saturated carbocycles. The molecule has 310 valence electrons. The molecule has 5 N–H and O–H groups in total. The highest BCUT2D eigenvalue weighted by molar-refractivity contribution is 7.91. The second-order valence-electron chi connectivity index (χ2n) is 15.4. The maximum absolute atomic E-state index is 13.7. The summed E-state index contributed by atoms with van der Waals surface area (Å²) in [6.45, 7) is 7.08. The van der Waals surface area contributed by atoms with Gasteiger partial charge in [0.2, 0.25) is 15.4 Å². The third-order valence-corrected chi connectivity index (χ3v) is 13.3. The number of pyridine rings is 1. The van der Waals surface area contributed by atoms with Gasteiger partial charge in [-0.2, -0.15) is 0 Å². The van der Waals surface area contributed by atoms with Gasteiger partial charge in [0.15, 0.2) is 0 Å². The van der Waals surface area contributed by atoms with Crippen molar-refractivity contribution in [3.05, 3.63) is 136 Å². The minimum Gasteiger partial charge on any atom is -0.506 e. The van der Waals surface area contributed by atoms with Gasteiger partial charge in [-0.3, -0.25) is 19.4 Å². The van der Waals surface area contributed by atoms with Gasteiger partial charge >= 0.3 is 0 Å². The Balaban J connectivity index is 0.876. The summed E-state index contributed by atoms with van der Waals surface area (Å²) in [6, 6.07) is 27.7. The maximum atomic E-state index is 13.7. The zero-order valence-electron chi connectivity index (χ0n) is 33.3. The van der Waals surface area contributed by atoms with Crippen LogP contribution in [0.5, 0.6) is 11.5 Å². The van der Waals surface area contributed by atoms with Crippen LogP contribution in [-0.2, 0) is 21.2 Å². The Kier molecular flexibility index (Phi) is 13.6. The predicted octanol–water partition coefficient (Wildman–Crippen LogP) is 6.82. The van der Waals surface area contributed by atoms with E-state index in [9.17, 15) is 28.2 Å². The zero-order valence-corrected chi connectivity index (χ0v) is 34.2. The number of aliphatic hydroxyl groups excluding tert-OH is 1. The van der Waals surface area contributed by atoms with E-state index in [2.05, 4.69) is 32.3 Å². The molecule has 12 nitrogen and oxygen atoms in total. The summed E-state index contributed by atoms with van der Waals surface area (Å²) in [6.07, 6.45) is 9.19. The lowest BCUT2D eigenvalue weighted by Crippen LogP contribution is -2.51. The van der Waals surface area contributed by atoms with Crippen LogP contribution in [0.4, 0.5) is 5.69 Å². The third kappa shape index (κ3) is 10.3. The number of aromatic hydroxyl groups is 1. The Bertz CT molecular complexity index is 2400. The molecule has 2 atom stereocenters. The van der Waals surface area contributed by atoms with Gasteiger partial charge in [0.25, 0.3) is 5.91 Å². The number of fused-ring (bicyclic) bond motifs is 1. The highest BCUT2D eigenvalue weighted by Gasteiger charge is 2.29. The number of carbonyl (C=O) groups excluding carboxylic acids is 1. The van der Waals surface area contributed by atoms with Crippen LogP contribution in [0.3, 0.4) is 0 Å². The minimum atomic E-state index is -3.81. The second kappa shape index (κ2) is 19.2. The number of aromatic nitrogens is 1. The summed E-state index contributed by atoms with van der Waals surface area (Å²) in [7, 11) is -3.81. The fraction of sp³-hybridized carbons (Fsp3) is 0.348. The predicted molar refractivity (Wildman–Crippen MR) is 229 cm³/mol. The van der Waals surface area contributed by atoms with E-state index in [1.807, 2.05) is 24.3 Å². The van der Waals surface area contributed by atoms with Crippen molar-refractivity contribution in [3.8, 4) is 11.5 Å². The van der Waals surface area contributed by atoms with Gasteiger partial charge in [-0.15, -0.1) is 0 Å². The van der Waals surface area contributed by atoms with E-state index in [1.165, 1.54) is 68.7 Å². The fourth-order valence-corrected chi connectivity index (χ4v) is 9.66. The highest BCUT2D eigenvalue weighted by atomic mass is 32.2. The van der Waals surface area contributed by atoms with Crippen LogP contribution in [0.2, 0.25) is 0 Å². The molecule has 1 saturated heterocycles. The molecule has 1 aliphatic carbocycles. The number of hydrogen-bond acceptors (Lipinski definition) is 10. The first-order valence-corrected chi connectivity index (χ1v) is 22.0. The molecule has 0 unspecified atom stereocenters. The molecule has 0 bridgehead atoms. The van der Waals surface area contributed by atoms with E-state index >= 15 is 0 Å². The van der Waals surface area contributed by atoms with Gasteiger partial charge < -0.3 is 30.6 Å². The first kappa shape index (κ1) is 41.8. The number of carbonyl (C=O) groups is 1. The lowest BCUT2D eigenvalue weighted by molar-refractivity contribution is -0.112. The normalized spacial score (nSPS) is 16.9. The smallest absolute Gasteiger partial charge is 0.251 e. The van der Waals surface area contributed by atoms with Crippen molar-refractivity contribution in [1.29, 1.82) is 0 Å². The number of piperazine rings is 1. The number of anilines is 1. The van der Waals surface area contributed by atoms with E-state index in [1.54, 1.807) is 48.5 Å². The van der Waals surface area contributed by atoms with E-state index in [-0.39, 0.29) is 45.0 Å². The number of hydrogen-bond donors (Lipinski definition) is 5. The molecule has 5 aromatic rings. The number of phenolic OH excluding ortho intramolecular Hbond substituents is 1. The lowest BCUT2D eigenvalue weighted by atomic mass is 9.93. The first-order valence-electron chi connectivity index (χ1n) is 20.5. The average molecular weight is 820 g/mol. The van der Waals surface area contributed by atoms with Gasteiger partial charge in [-0.25, -0.2) is 8.42 Å². The van der Waals surface area contributed by atoms with Crippen molar-refractivity contribution in [2.75, 3.05) is 38.0 Å². The molecule has 59 heavy (non-hydrogen) atoms. The summed E-state index contributed by atoms with van der Waals surface area (Å²) >= 11 is 0. The van der Waals surface area contributed by atoms with Gasteiger partial charge in [-0.1, -0.05) is 62.6 Å². The number of aromatic amines is 1. The van der Waals surface area contributed by atoms with Crippen LogP contribution in [0.1, 0.15) is 74.3 Å². The van der Waals surface area contributed by atoms with Crippen LogP contribution in [-0.4, -0.2) is 78.1 Å². The van der Waals surface area contributed by atoms with Crippen molar-refractivity contribution in [2.24, 2.45) is 0 Å². The number of nitrogens with zero attached hydrogens (tertiary/aromatic N) is 2. The lowest BCUT2D eigenvalue weighted by Gasteiger charge is -2.43. The summed E-state index contributed by atoms with van der Waals surface area (Å²) in [4.78, 5) is 32.5. The van der Waals surface area contributed by atoms with E-state index < -0.39 is 21.8 Å². The molecule has 1 aliphatic heterocycles. The number of H-pyrrole nitrogens is 1. The summed E-state index contributed by atoms with van der Waals surface area (Å²) in [5.74, 6) is -0.219. The Morgan fingerprint density at radius 2 is 1.66 bits per heavy atom. The molecular weight excluding hydrogens is 767 g/mol. The zero-order chi connectivity index (χ0) is 41.4. The first-order chi connectivity index (χ1) is 28.6. The van der Waals surface area contributed by atoms with Gasteiger partial charge in [0.05, 0.1) is 27.7 Å². The topological polar surface area (TPSA) is 164 Å². The van der Waals surface area contributed by atoms with Gasteiger partial charge in [-0.05, 0) is 90.6 Å². The quantitative estimate of drug-likeness (QED) is 0.0560. The molecule has 2 heterocycles. The summed E-state index contributed by atoms with van der Waals surface area (Å²) in [5, 5.41) is 27.5. The van der Waals surface area contributed by atoms with Crippen molar-refractivity contribution >= 4 is 32.3 Å². The number of phenols is 1. The Labute approximate surface area is 345 Å². The van der Waals surface area contributed by atoms with Crippen molar-refractivity contribution in [1.82, 2.24) is 20.1 Å². The van der Waals surface area contributed by atoms with Crippen LogP contribution < -0.4 is 20.9 Å². The van der Waals surface area contributed by atoms with Crippen molar-refractivity contribution < 1.29 is 28.2 Å². The molecule has 0 radical (unpaired) electrons. The summed E-state index contributed by atoms with van der Waals surface area (Å²) in [5.41, 5.74) is 3.12. The summed E-state index contributed by atoms with van der Waals surface area (Å²) < 4.78 is 33.0. The molecule has 4 aromatic carbocycles. The number of rotatable bonds is 15. The monoisotopic (exact) mass is 819 g/mol. The maximum Gasteiger partial charge on any atom is 0.251 e.